The van der Waals surface area contributed by atoms with Gasteiger partial charge in [-0.15, -0.1) is 11.3 Å². The summed E-state index contributed by atoms with van der Waals surface area (Å²) in [6.07, 6.45) is 4.53. The van der Waals surface area contributed by atoms with Crippen LogP contribution < -0.4 is 0 Å². The molecule has 2 aliphatic heterocycles. The molecule has 0 N–H and O–H groups in total. The maximum Gasteiger partial charge on any atom is 0.264 e. The van der Waals surface area contributed by atoms with Crippen LogP contribution >= 0.6 is 11.3 Å². The Labute approximate surface area is 140 Å². The Morgan fingerprint density at radius 2 is 1.96 bits per heavy atom. The van der Waals surface area contributed by atoms with E-state index in [1.165, 1.54) is 10.4 Å². The number of amides is 1. The highest BCUT2D eigenvalue weighted by Gasteiger charge is 2.31. The van der Waals surface area contributed by atoms with Gasteiger partial charge in [0.15, 0.2) is 0 Å². The molecule has 2 saturated heterocycles. The van der Waals surface area contributed by atoms with Crippen LogP contribution in [0.4, 0.5) is 0 Å². The summed E-state index contributed by atoms with van der Waals surface area (Å²) in [5.74, 6) is 0.172. The van der Waals surface area contributed by atoms with Crippen LogP contribution in [0.15, 0.2) is 42.5 Å². The SMILES string of the molecule is O=C(c1ccc(C2CCCO2)s1)N1CCCC1c1ccccc1. The number of nitrogens with zero attached hydrogens (tertiary/aromatic N) is 1. The van der Waals surface area contributed by atoms with E-state index in [4.69, 9.17) is 4.74 Å². The molecule has 4 rings (SSSR count). The van der Waals surface area contributed by atoms with Crippen molar-refractivity contribution in [3.8, 4) is 0 Å². The largest absolute Gasteiger partial charge is 0.373 e. The molecule has 0 bridgehead atoms. The lowest BCUT2D eigenvalue weighted by Gasteiger charge is -2.24. The Morgan fingerprint density at radius 3 is 2.74 bits per heavy atom. The molecule has 3 nitrogen and oxygen atoms in total. The predicted molar refractivity (Wildman–Crippen MR) is 91.7 cm³/mol. The number of likely N-dealkylation sites (tertiary alicyclic amines) is 1. The maximum absolute atomic E-state index is 13.0. The Morgan fingerprint density at radius 1 is 1.09 bits per heavy atom. The van der Waals surface area contributed by atoms with Crippen LogP contribution in [0.2, 0.25) is 0 Å². The lowest BCUT2D eigenvalue weighted by molar-refractivity contribution is 0.0740. The minimum absolute atomic E-state index is 0.172. The quantitative estimate of drug-likeness (QED) is 0.826. The van der Waals surface area contributed by atoms with Gasteiger partial charge >= 0.3 is 0 Å². The van der Waals surface area contributed by atoms with Crippen LogP contribution in [0.1, 0.15) is 57.9 Å². The van der Waals surface area contributed by atoms with Gasteiger partial charge in [0.1, 0.15) is 0 Å². The molecule has 0 radical (unpaired) electrons. The zero-order chi connectivity index (χ0) is 15.6. The van der Waals surface area contributed by atoms with Crippen LogP contribution in [0.3, 0.4) is 0 Å². The van der Waals surface area contributed by atoms with E-state index in [9.17, 15) is 4.79 Å². The fraction of sp³-hybridized carbons (Fsp3) is 0.421. The van der Waals surface area contributed by atoms with Crippen molar-refractivity contribution in [1.82, 2.24) is 4.90 Å². The summed E-state index contributed by atoms with van der Waals surface area (Å²) in [4.78, 5) is 17.0. The minimum atomic E-state index is 0.172. The molecule has 23 heavy (non-hydrogen) atoms. The van der Waals surface area contributed by atoms with Crippen LogP contribution in [0.5, 0.6) is 0 Å². The molecule has 0 aliphatic carbocycles. The van der Waals surface area contributed by atoms with Gasteiger partial charge in [-0.05, 0) is 43.4 Å². The molecule has 120 valence electrons. The van der Waals surface area contributed by atoms with Crippen LogP contribution in [0.25, 0.3) is 0 Å². The van der Waals surface area contributed by atoms with Gasteiger partial charge in [-0.3, -0.25) is 4.79 Å². The van der Waals surface area contributed by atoms with Crippen molar-refractivity contribution in [2.75, 3.05) is 13.2 Å². The molecule has 2 aliphatic rings. The zero-order valence-corrected chi connectivity index (χ0v) is 13.9. The van der Waals surface area contributed by atoms with E-state index in [0.717, 1.165) is 43.7 Å². The van der Waals surface area contributed by atoms with Gasteiger partial charge in [0.05, 0.1) is 17.0 Å². The standard InChI is InChI=1S/C19H21NO2S/c21-19(18-11-10-17(23-18)16-9-5-13-22-16)20-12-4-8-15(20)14-6-2-1-3-7-14/h1-3,6-7,10-11,15-16H,4-5,8-9,12-13H2. The van der Waals surface area contributed by atoms with Gasteiger partial charge < -0.3 is 9.64 Å². The topological polar surface area (TPSA) is 29.5 Å². The van der Waals surface area contributed by atoms with Crippen molar-refractivity contribution < 1.29 is 9.53 Å². The molecule has 2 atom stereocenters. The number of carbonyl (C=O) groups excluding carboxylic acids is 1. The molecule has 4 heteroatoms. The lowest BCUT2D eigenvalue weighted by atomic mass is 10.0. The van der Waals surface area contributed by atoms with Crippen molar-refractivity contribution >= 4 is 17.2 Å². The van der Waals surface area contributed by atoms with E-state index < -0.39 is 0 Å². The summed E-state index contributed by atoms with van der Waals surface area (Å²) in [6.45, 7) is 1.69. The maximum atomic E-state index is 13.0. The summed E-state index contributed by atoms with van der Waals surface area (Å²) in [5.41, 5.74) is 1.24. The molecule has 2 aromatic rings. The van der Waals surface area contributed by atoms with Crippen molar-refractivity contribution in [3.05, 3.63) is 57.8 Å². The van der Waals surface area contributed by atoms with E-state index in [2.05, 4.69) is 30.3 Å². The Hall–Kier alpha value is -1.65. The molecule has 3 heterocycles. The Kier molecular flexibility index (Phi) is 4.19. The summed E-state index contributed by atoms with van der Waals surface area (Å²) < 4.78 is 5.73. The molecule has 0 spiro atoms. The van der Waals surface area contributed by atoms with E-state index in [1.54, 1.807) is 11.3 Å². The molecule has 2 unspecified atom stereocenters. The first-order valence-electron chi connectivity index (χ1n) is 8.40. The molecule has 2 fully saturated rings. The van der Waals surface area contributed by atoms with Crippen molar-refractivity contribution in [1.29, 1.82) is 0 Å². The van der Waals surface area contributed by atoms with Crippen molar-refractivity contribution in [2.45, 2.75) is 37.8 Å². The minimum Gasteiger partial charge on any atom is -0.373 e. The first-order valence-corrected chi connectivity index (χ1v) is 9.22. The molecule has 0 saturated carbocycles. The molecule has 1 aromatic carbocycles. The lowest BCUT2D eigenvalue weighted by Crippen LogP contribution is -2.29. The summed E-state index contributed by atoms with van der Waals surface area (Å²) in [6, 6.07) is 14.7. The highest BCUT2D eigenvalue weighted by atomic mass is 32.1. The number of ether oxygens (including phenoxy) is 1. The number of hydrogen-bond donors (Lipinski definition) is 0. The second-order valence-corrected chi connectivity index (χ2v) is 7.39. The van der Waals surface area contributed by atoms with Crippen LogP contribution in [0, 0.1) is 0 Å². The number of carbonyl (C=O) groups is 1. The Balaban J connectivity index is 1.54. The summed E-state index contributed by atoms with van der Waals surface area (Å²) in [5, 5.41) is 0. The van der Waals surface area contributed by atoms with Crippen LogP contribution in [-0.4, -0.2) is 24.0 Å². The van der Waals surface area contributed by atoms with Gasteiger partial charge in [0.2, 0.25) is 0 Å². The predicted octanol–water partition coefficient (Wildman–Crippen LogP) is 4.58. The Bertz CT molecular complexity index is 676. The second kappa shape index (κ2) is 6.46. The van der Waals surface area contributed by atoms with E-state index in [1.807, 2.05) is 17.0 Å². The molecular formula is C19H21NO2S. The van der Waals surface area contributed by atoms with E-state index in [0.29, 0.717) is 0 Å². The first kappa shape index (κ1) is 14.9. The zero-order valence-electron chi connectivity index (χ0n) is 13.1. The van der Waals surface area contributed by atoms with E-state index in [-0.39, 0.29) is 18.1 Å². The average Bonchev–Trinajstić information content (AvgIpc) is 3.35. The monoisotopic (exact) mass is 327 g/mol. The van der Waals surface area contributed by atoms with Crippen molar-refractivity contribution in [2.24, 2.45) is 0 Å². The fourth-order valence-corrected chi connectivity index (χ4v) is 4.66. The summed E-state index contributed by atoms with van der Waals surface area (Å²) >= 11 is 1.61. The molecular weight excluding hydrogens is 306 g/mol. The van der Waals surface area contributed by atoms with Gasteiger partial charge in [-0.1, -0.05) is 30.3 Å². The number of rotatable bonds is 3. The first-order chi connectivity index (χ1) is 11.3. The van der Waals surface area contributed by atoms with Gasteiger partial charge in [-0.2, -0.15) is 0 Å². The fourth-order valence-electron chi connectivity index (χ4n) is 3.62. The third-order valence-electron chi connectivity index (χ3n) is 4.78. The van der Waals surface area contributed by atoms with Gasteiger partial charge in [0, 0.05) is 18.0 Å². The highest BCUT2D eigenvalue weighted by Crippen LogP contribution is 2.37. The highest BCUT2D eigenvalue weighted by molar-refractivity contribution is 7.14. The molecule has 1 aromatic heterocycles. The van der Waals surface area contributed by atoms with Gasteiger partial charge in [0.25, 0.3) is 5.91 Å². The number of thiophene rings is 1. The normalized spacial score (nSPS) is 24.3. The van der Waals surface area contributed by atoms with E-state index >= 15 is 0 Å². The smallest absolute Gasteiger partial charge is 0.264 e. The van der Waals surface area contributed by atoms with Crippen molar-refractivity contribution in [3.63, 3.8) is 0 Å². The third kappa shape index (κ3) is 2.93. The van der Waals surface area contributed by atoms with Gasteiger partial charge in [-0.25, -0.2) is 0 Å². The number of hydrogen-bond acceptors (Lipinski definition) is 3. The number of benzene rings is 1. The van der Waals surface area contributed by atoms with Crippen LogP contribution in [-0.2, 0) is 4.74 Å². The molecule has 1 amide bonds. The third-order valence-corrected chi connectivity index (χ3v) is 5.95. The second-order valence-electron chi connectivity index (χ2n) is 6.27. The average molecular weight is 327 g/mol. The summed E-state index contributed by atoms with van der Waals surface area (Å²) in [7, 11) is 0.